The van der Waals surface area contributed by atoms with E-state index in [0.29, 0.717) is 24.2 Å². The molecule has 0 saturated carbocycles. The predicted octanol–water partition coefficient (Wildman–Crippen LogP) is 3.73. The van der Waals surface area contributed by atoms with Crippen LogP contribution in [-0.4, -0.2) is 35.1 Å². The minimum atomic E-state index is -4.41. The topological polar surface area (TPSA) is 40.5 Å². The number of carbonyl (C=O) groups excluding carboxylic acids is 1. The van der Waals surface area contributed by atoms with E-state index in [9.17, 15) is 23.1 Å². The van der Waals surface area contributed by atoms with Crippen LogP contribution in [0.2, 0.25) is 0 Å². The van der Waals surface area contributed by atoms with Gasteiger partial charge < -0.3 is 10.0 Å². The summed E-state index contributed by atoms with van der Waals surface area (Å²) < 4.78 is 38.4. The molecule has 0 bridgehead atoms. The van der Waals surface area contributed by atoms with Crippen molar-refractivity contribution in [3.63, 3.8) is 0 Å². The number of amides is 1. The first-order valence-corrected chi connectivity index (χ1v) is 8.01. The zero-order chi connectivity index (χ0) is 17.9. The Balaban J connectivity index is 2.14. The van der Waals surface area contributed by atoms with Crippen molar-refractivity contribution in [2.24, 2.45) is 5.92 Å². The summed E-state index contributed by atoms with van der Waals surface area (Å²) in [6.07, 6.45) is -1.82. The Morgan fingerprint density at radius 3 is 2.75 bits per heavy atom. The van der Waals surface area contributed by atoms with Crippen LogP contribution in [0, 0.1) is 5.92 Å². The van der Waals surface area contributed by atoms with Crippen molar-refractivity contribution in [1.82, 2.24) is 4.90 Å². The van der Waals surface area contributed by atoms with E-state index in [1.807, 2.05) is 0 Å². The summed E-state index contributed by atoms with van der Waals surface area (Å²) in [5.41, 5.74) is 0.139. The SMILES string of the molecule is C/C(=C/C(=O)N1CCCC(C(C)O)C1)c1cccc(C(F)(F)F)c1. The molecule has 1 aromatic carbocycles. The summed E-state index contributed by atoms with van der Waals surface area (Å²) in [7, 11) is 0. The number of aliphatic hydroxyl groups is 1. The number of benzene rings is 1. The Labute approximate surface area is 139 Å². The summed E-state index contributed by atoms with van der Waals surface area (Å²) in [6.45, 7) is 4.42. The van der Waals surface area contributed by atoms with Gasteiger partial charge in [0.05, 0.1) is 11.7 Å². The molecule has 6 heteroatoms. The number of piperidine rings is 1. The van der Waals surface area contributed by atoms with Gasteiger partial charge in [-0.25, -0.2) is 0 Å². The molecule has 1 saturated heterocycles. The van der Waals surface area contributed by atoms with E-state index in [1.54, 1.807) is 24.8 Å². The Morgan fingerprint density at radius 2 is 2.12 bits per heavy atom. The minimum Gasteiger partial charge on any atom is -0.393 e. The quantitative estimate of drug-likeness (QED) is 0.851. The third-order valence-electron chi connectivity index (χ3n) is 4.44. The van der Waals surface area contributed by atoms with Gasteiger partial charge in [-0.2, -0.15) is 13.2 Å². The van der Waals surface area contributed by atoms with Gasteiger partial charge in [0.2, 0.25) is 5.91 Å². The fourth-order valence-corrected chi connectivity index (χ4v) is 2.90. The number of likely N-dealkylation sites (tertiary alicyclic amines) is 1. The van der Waals surface area contributed by atoms with Crippen molar-refractivity contribution in [2.45, 2.75) is 39.0 Å². The van der Waals surface area contributed by atoms with Gasteiger partial charge in [-0.05, 0) is 50.0 Å². The maximum Gasteiger partial charge on any atom is 0.416 e. The van der Waals surface area contributed by atoms with E-state index in [4.69, 9.17) is 0 Å². The van der Waals surface area contributed by atoms with E-state index in [-0.39, 0.29) is 11.8 Å². The van der Waals surface area contributed by atoms with Gasteiger partial charge in [0, 0.05) is 25.1 Å². The van der Waals surface area contributed by atoms with Crippen LogP contribution in [0.15, 0.2) is 30.3 Å². The van der Waals surface area contributed by atoms with Crippen LogP contribution in [-0.2, 0) is 11.0 Å². The molecule has 3 nitrogen and oxygen atoms in total. The molecule has 0 aliphatic carbocycles. The number of nitrogens with zero attached hydrogens (tertiary/aromatic N) is 1. The Bertz CT molecular complexity index is 623. The fourth-order valence-electron chi connectivity index (χ4n) is 2.90. The summed E-state index contributed by atoms with van der Waals surface area (Å²) >= 11 is 0. The third-order valence-corrected chi connectivity index (χ3v) is 4.44. The van der Waals surface area contributed by atoms with Crippen LogP contribution >= 0.6 is 0 Å². The molecule has 1 aromatic rings. The summed E-state index contributed by atoms with van der Waals surface area (Å²) in [4.78, 5) is 14.0. The fraction of sp³-hybridized carbons (Fsp3) is 0.500. The molecule has 132 valence electrons. The monoisotopic (exact) mass is 341 g/mol. The average Bonchev–Trinajstić information content (AvgIpc) is 2.54. The number of hydrogen-bond acceptors (Lipinski definition) is 2. The molecule has 0 spiro atoms. The van der Waals surface area contributed by atoms with Gasteiger partial charge in [0.1, 0.15) is 0 Å². The molecular weight excluding hydrogens is 319 g/mol. The molecule has 2 unspecified atom stereocenters. The first-order valence-electron chi connectivity index (χ1n) is 8.01. The lowest BCUT2D eigenvalue weighted by Gasteiger charge is -2.33. The molecule has 1 fully saturated rings. The van der Waals surface area contributed by atoms with Gasteiger partial charge in [-0.1, -0.05) is 12.1 Å². The standard InChI is InChI=1S/C18H22F3NO2/c1-12(14-5-3-7-16(10-14)18(19,20)21)9-17(24)22-8-4-6-15(11-22)13(2)23/h3,5,7,9-10,13,15,23H,4,6,8,11H2,1-2H3/b12-9-. The number of allylic oxidation sites excluding steroid dienone is 1. The second-order valence-corrected chi connectivity index (χ2v) is 6.33. The lowest BCUT2D eigenvalue weighted by Crippen LogP contribution is -2.42. The predicted molar refractivity (Wildman–Crippen MR) is 86.1 cm³/mol. The number of rotatable bonds is 3. The van der Waals surface area contributed by atoms with Crippen LogP contribution in [0.3, 0.4) is 0 Å². The highest BCUT2D eigenvalue weighted by atomic mass is 19.4. The summed E-state index contributed by atoms with van der Waals surface area (Å²) in [5.74, 6) is -0.180. The smallest absolute Gasteiger partial charge is 0.393 e. The van der Waals surface area contributed by atoms with Crippen LogP contribution in [0.5, 0.6) is 0 Å². The van der Waals surface area contributed by atoms with E-state index in [0.717, 1.165) is 25.0 Å². The summed E-state index contributed by atoms with van der Waals surface area (Å²) in [6, 6.07) is 4.96. The molecular formula is C18H22F3NO2. The first kappa shape index (κ1) is 18.5. The van der Waals surface area contributed by atoms with E-state index >= 15 is 0 Å². The van der Waals surface area contributed by atoms with Crippen molar-refractivity contribution < 1.29 is 23.1 Å². The molecule has 1 heterocycles. The second kappa shape index (κ2) is 7.38. The van der Waals surface area contributed by atoms with Crippen molar-refractivity contribution in [3.8, 4) is 0 Å². The Kier molecular flexibility index (Phi) is 5.70. The number of aliphatic hydroxyl groups excluding tert-OH is 1. The third kappa shape index (κ3) is 4.60. The maximum absolute atomic E-state index is 12.8. The van der Waals surface area contributed by atoms with Gasteiger partial charge in [-0.15, -0.1) is 0 Å². The molecule has 0 radical (unpaired) electrons. The Morgan fingerprint density at radius 1 is 1.42 bits per heavy atom. The zero-order valence-electron chi connectivity index (χ0n) is 13.8. The highest BCUT2D eigenvalue weighted by molar-refractivity contribution is 5.95. The number of carbonyl (C=O) groups is 1. The van der Waals surface area contributed by atoms with Crippen molar-refractivity contribution in [3.05, 3.63) is 41.5 Å². The van der Waals surface area contributed by atoms with Gasteiger partial charge >= 0.3 is 6.18 Å². The molecule has 0 aromatic heterocycles. The lowest BCUT2D eigenvalue weighted by molar-refractivity contribution is -0.137. The molecule has 1 aliphatic heterocycles. The van der Waals surface area contributed by atoms with E-state index in [2.05, 4.69) is 0 Å². The van der Waals surface area contributed by atoms with Crippen LogP contribution in [0.1, 0.15) is 37.8 Å². The minimum absolute atomic E-state index is 0.0463. The lowest BCUT2D eigenvalue weighted by atomic mass is 9.93. The van der Waals surface area contributed by atoms with Crippen LogP contribution < -0.4 is 0 Å². The maximum atomic E-state index is 12.8. The second-order valence-electron chi connectivity index (χ2n) is 6.33. The van der Waals surface area contributed by atoms with Gasteiger partial charge in [0.25, 0.3) is 0 Å². The molecule has 1 amide bonds. The largest absolute Gasteiger partial charge is 0.416 e. The average molecular weight is 341 g/mol. The summed E-state index contributed by atoms with van der Waals surface area (Å²) in [5, 5.41) is 9.68. The van der Waals surface area contributed by atoms with Crippen molar-refractivity contribution in [1.29, 1.82) is 0 Å². The molecule has 1 N–H and O–H groups in total. The normalized spacial score (nSPS) is 20.8. The van der Waals surface area contributed by atoms with Crippen molar-refractivity contribution in [2.75, 3.05) is 13.1 Å². The highest BCUT2D eigenvalue weighted by Crippen LogP contribution is 2.31. The molecule has 1 aliphatic rings. The van der Waals surface area contributed by atoms with E-state index in [1.165, 1.54) is 12.1 Å². The Hall–Kier alpha value is -1.82. The zero-order valence-corrected chi connectivity index (χ0v) is 13.8. The molecule has 2 rings (SSSR count). The number of hydrogen-bond donors (Lipinski definition) is 1. The highest BCUT2D eigenvalue weighted by Gasteiger charge is 2.30. The van der Waals surface area contributed by atoms with E-state index < -0.39 is 17.8 Å². The molecule has 24 heavy (non-hydrogen) atoms. The van der Waals surface area contributed by atoms with Gasteiger partial charge in [-0.3, -0.25) is 4.79 Å². The number of alkyl halides is 3. The number of halogens is 3. The van der Waals surface area contributed by atoms with Crippen molar-refractivity contribution >= 4 is 11.5 Å². The molecule has 2 atom stereocenters. The van der Waals surface area contributed by atoms with Crippen LogP contribution in [0.4, 0.5) is 13.2 Å². The first-order chi connectivity index (χ1) is 11.2. The van der Waals surface area contributed by atoms with Crippen LogP contribution in [0.25, 0.3) is 5.57 Å². The van der Waals surface area contributed by atoms with Gasteiger partial charge in [0.15, 0.2) is 0 Å².